The lowest BCUT2D eigenvalue weighted by Crippen LogP contribution is -2.25. The molecular weight excluding hydrogens is 300 g/mol. The van der Waals surface area contributed by atoms with Crippen molar-refractivity contribution >= 4 is 28.6 Å². The van der Waals surface area contributed by atoms with E-state index in [4.69, 9.17) is 0 Å². The van der Waals surface area contributed by atoms with Crippen molar-refractivity contribution in [3.63, 3.8) is 0 Å². The predicted octanol–water partition coefficient (Wildman–Crippen LogP) is 4.49. The summed E-state index contributed by atoms with van der Waals surface area (Å²) in [5.41, 5.74) is 3.11. The summed E-state index contributed by atoms with van der Waals surface area (Å²) in [5.74, 6) is -0.0656. The van der Waals surface area contributed by atoms with E-state index >= 15 is 0 Å². The van der Waals surface area contributed by atoms with Gasteiger partial charge < -0.3 is 5.32 Å². The Morgan fingerprint density at radius 2 is 2.29 bits per heavy atom. The van der Waals surface area contributed by atoms with Crippen molar-refractivity contribution in [2.45, 2.75) is 32.1 Å². The molecule has 1 aliphatic carbocycles. The smallest absolute Gasteiger partial charge is 0.270 e. The lowest BCUT2D eigenvalue weighted by Gasteiger charge is -2.12. The molecule has 0 saturated carbocycles. The third-order valence-electron chi connectivity index (χ3n) is 3.62. The van der Waals surface area contributed by atoms with Crippen LogP contribution in [0.15, 0.2) is 33.9 Å². The zero-order valence-corrected chi connectivity index (χ0v) is 13.4. The molecule has 0 aliphatic heterocycles. The Morgan fingerprint density at radius 3 is 3.05 bits per heavy atom. The second-order valence-corrected chi connectivity index (χ2v) is 6.80. The minimum absolute atomic E-state index is 0.0656. The third kappa shape index (κ3) is 3.80. The molecule has 1 amide bonds. The van der Waals surface area contributed by atoms with E-state index in [1.165, 1.54) is 42.6 Å². The van der Waals surface area contributed by atoms with Crippen molar-refractivity contribution in [2.75, 3.05) is 6.54 Å². The van der Waals surface area contributed by atoms with E-state index < -0.39 is 0 Å². The van der Waals surface area contributed by atoms with Gasteiger partial charge >= 0.3 is 0 Å². The molecule has 2 aromatic heterocycles. The van der Waals surface area contributed by atoms with Gasteiger partial charge in [-0.25, -0.2) is 4.98 Å². The topological polar surface area (TPSA) is 42.0 Å². The minimum Gasteiger partial charge on any atom is -0.350 e. The molecule has 2 heterocycles. The molecule has 0 fully saturated rings. The van der Waals surface area contributed by atoms with Gasteiger partial charge in [0.15, 0.2) is 0 Å². The van der Waals surface area contributed by atoms with Crippen molar-refractivity contribution in [3.8, 4) is 10.6 Å². The van der Waals surface area contributed by atoms with E-state index in [-0.39, 0.29) is 5.91 Å². The molecule has 0 spiro atoms. The van der Waals surface area contributed by atoms with Gasteiger partial charge in [-0.1, -0.05) is 11.6 Å². The minimum atomic E-state index is -0.0656. The summed E-state index contributed by atoms with van der Waals surface area (Å²) in [4.78, 5) is 16.5. The monoisotopic (exact) mass is 318 g/mol. The fourth-order valence-electron chi connectivity index (χ4n) is 2.46. The second kappa shape index (κ2) is 7.00. The third-order valence-corrected chi connectivity index (χ3v) is 5.20. The number of aromatic nitrogens is 1. The number of rotatable bonds is 5. The molecule has 21 heavy (non-hydrogen) atoms. The van der Waals surface area contributed by atoms with Crippen LogP contribution in [0.2, 0.25) is 0 Å². The molecule has 0 atom stereocenters. The summed E-state index contributed by atoms with van der Waals surface area (Å²) in [7, 11) is 0. The molecule has 0 saturated heterocycles. The van der Waals surface area contributed by atoms with Crippen molar-refractivity contribution in [3.05, 3.63) is 39.5 Å². The standard InChI is InChI=1S/C16H18N2OS2/c19-15(17-8-6-12-4-2-1-3-5-12)14-11-21-16(18-14)13-7-9-20-10-13/h4,7,9-11H,1-3,5-6,8H2,(H,17,19). The van der Waals surface area contributed by atoms with Crippen LogP contribution < -0.4 is 5.32 Å². The fourth-order valence-corrected chi connectivity index (χ4v) is 3.97. The largest absolute Gasteiger partial charge is 0.350 e. The maximum absolute atomic E-state index is 12.1. The molecule has 0 aromatic carbocycles. The van der Waals surface area contributed by atoms with Gasteiger partial charge in [0.25, 0.3) is 5.91 Å². The highest BCUT2D eigenvalue weighted by atomic mass is 32.1. The molecule has 0 unspecified atom stereocenters. The van der Waals surface area contributed by atoms with Crippen molar-refractivity contribution in [1.29, 1.82) is 0 Å². The van der Waals surface area contributed by atoms with Gasteiger partial charge in [-0.15, -0.1) is 11.3 Å². The molecule has 1 aliphatic rings. The van der Waals surface area contributed by atoms with E-state index in [9.17, 15) is 4.79 Å². The van der Waals surface area contributed by atoms with Gasteiger partial charge in [-0.2, -0.15) is 11.3 Å². The number of nitrogens with zero attached hydrogens (tertiary/aromatic N) is 1. The first kappa shape index (κ1) is 14.5. The number of amides is 1. The Labute approximate surface area is 132 Å². The average Bonchev–Trinajstić information content (AvgIpc) is 3.19. The van der Waals surface area contributed by atoms with Gasteiger partial charge in [-0.05, 0) is 43.6 Å². The van der Waals surface area contributed by atoms with Crippen LogP contribution in [-0.2, 0) is 0 Å². The van der Waals surface area contributed by atoms with E-state index in [1.54, 1.807) is 11.3 Å². The van der Waals surface area contributed by atoms with Crippen LogP contribution in [-0.4, -0.2) is 17.4 Å². The predicted molar refractivity (Wildman–Crippen MR) is 88.9 cm³/mol. The molecule has 3 nitrogen and oxygen atoms in total. The van der Waals surface area contributed by atoms with Gasteiger partial charge in [0, 0.05) is 22.9 Å². The Morgan fingerprint density at radius 1 is 1.33 bits per heavy atom. The van der Waals surface area contributed by atoms with Gasteiger partial charge in [-0.3, -0.25) is 4.79 Å². The van der Waals surface area contributed by atoms with Crippen LogP contribution >= 0.6 is 22.7 Å². The van der Waals surface area contributed by atoms with Crippen molar-refractivity contribution < 1.29 is 4.79 Å². The van der Waals surface area contributed by atoms with Gasteiger partial charge in [0.05, 0.1) is 0 Å². The number of allylic oxidation sites excluding steroid dienone is 1. The van der Waals surface area contributed by atoms with E-state index in [1.807, 2.05) is 16.8 Å². The summed E-state index contributed by atoms with van der Waals surface area (Å²) in [6.45, 7) is 0.704. The summed E-state index contributed by atoms with van der Waals surface area (Å²) in [5, 5.41) is 9.79. The van der Waals surface area contributed by atoms with Gasteiger partial charge in [0.2, 0.25) is 0 Å². The Kier molecular flexibility index (Phi) is 4.83. The maximum atomic E-state index is 12.1. The molecule has 1 N–H and O–H groups in total. The molecular formula is C16H18N2OS2. The first-order valence-corrected chi connectivity index (χ1v) is 9.09. The highest BCUT2D eigenvalue weighted by Gasteiger charge is 2.12. The van der Waals surface area contributed by atoms with Gasteiger partial charge in [0.1, 0.15) is 10.7 Å². The van der Waals surface area contributed by atoms with Crippen molar-refractivity contribution in [2.24, 2.45) is 0 Å². The van der Waals surface area contributed by atoms with E-state index in [0.717, 1.165) is 17.0 Å². The number of carbonyl (C=O) groups is 1. The van der Waals surface area contributed by atoms with Crippen LogP contribution in [0, 0.1) is 0 Å². The first-order chi connectivity index (χ1) is 10.3. The van der Waals surface area contributed by atoms with Crippen LogP contribution in [0.4, 0.5) is 0 Å². The molecule has 110 valence electrons. The fraction of sp³-hybridized carbons (Fsp3) is 0.375. The van der Waals surface area contributed by atoms with E-state index in [0.29, 0.717) is 12.2 Å². The quantitative estimate of drug-likeness (QED) is 0.825. The van der Waals surface area contributed by atoms with Crippen LogP contribution in [0.1, 0.15) is 42.6 Å². The molecule has 3 rings (SSSR count). The first-order valence-electron chi connectivity index (χ1n) is 7.27. The normalized spacial score (nSPS) is 14.8. The summed E-state index contributed by atoms with van der Waals surface area (Å²) < 4.78 is 0. The Bertz CT molecular complexity index is 629. The second-order valence-electron chi connectivity index (χ2n) is 5.16. The van der Waals surface area contributed by atoms with E-state index in [2.05, 4.69) is 21.8 Å². The summed E-state index contributed by atoms with van der Waals surface area (Å²) in [6, 6.07) is 2.03. The van der Waals surface area contributed by atoms with Crippen LogP contribution in [0.5, 0.6) is 0 Å². The number of hydrogen-bond donors (Lipinski definition) is 1. The SMILES string of the molecule is O=C(NCCC1=CCCCC1)c1csc(-c2ccsc2)n1. The zero-order valence-electron chi connectivity index (χ0n) is 11.8. The number of nitrogens with one attached hydrogen (secondary N) is 1. The molecule has 0 bridgehead atoms. The highest BCUT2D eigenvalue weighted by molar-refractivity contribution is 7.14. The number of thiophene rings is 1. The zero-order chi connectivity index (χ0) is 14.5. The Balaban J connectivity index is 1.52. The Hall–Kier alpha value is -1.46. The number of hydrogen-bond acceptors (Lipinski definition) is 4. The summed E-state index contributed by atoms with van der Waals surface area (Å²) in [6.07, 6.45) is 8.27. The number of carbonyl (C=O) groups excluding carboxylic acids is 1. The lowest BCUT2D eigenvalue weighted by atomic mass is 9.97. The molecule has 5 heteroatoms. The molecule has 0 radical (unpaired) electrons. The lowest BCUT2D eigenvalue weighted by molar-refractivity contribution is 0.0950. The number of thiazole rings is 1. The highest BCUT2D eigenvalue weighted by Crippen LogP contribution is 2.25. The van der Waals surface area contributed by atoms with Crippen molar-refractivity contribution in [1.82, 2.24) is 10.3 Å². The maximum Gasteiger partial charge on any atom is 0.270 e. The molecule has 2 aromatic rings. The van der Waals surface area contributed by atoms with Crippen LogP contribution in [0.3, 0.4) is 0 Å². The van der Waals surface area contributed by atoms with Crippen LogP contribution in [0.25, 0.3) is 10.6 Å². The summed E-state index contributed by atoms with van der Waals surface area (Å²) >= 11 is 3.16. The average molecular weight is 318 g/mol.